The highest BCUT2D eigenvalue weighted by Gasteiger charge is 2.54. The van der Waals surface area contributed by atoms with Crippen molar-refractivity contribution >= 4 is 28.6 Å². The molecule has 2 saturated carbocycles. The third-order valence-corrected chi connectivity index (χ3v) is 14.6. The smallest absolute Gasteiger partial charge is 0.338 e. The van der Waals surface area contributed by atoms with E-state index < -0.39 is 110 Å². The van der Waals surface area contributed by atoms with E-state index in [1.165, 1.54) is 24.6 Å². The second kappa shape index (κ2) is 23.3. The van der Waals surface area contributed by atoms with Gasteiger partial charge in [0.25, 0.3) is 0 Å². The first-order valence-electron chi connectivity index (χ1n) is 24.7. The first-order valence-corrected chi connectivity index (χ1v) is 24.7. The van der Waals surface area contributed by atoms with Gasteiger partial charge in [0.1, 0.15) is 42.4 Å². The van der Waals surface area contributed by atoms with Gasteiger partial charge in [-0.1, -0.05) is 74.1 Å². The van der Waals surface area contributed by atoms with Crippen molar-refractivity contribution in [2.24, 2.45) is 17.8 Å². The molecule has 382 valence electrons. The lowest BCUT2D eigenvalue weighted by atomic mass is 9.75. The van der Waals surface area contributed by atoms with Gasteiger partial charge in [0.05, 0.1) is 42.7 Å². The minimum Gasteiger partial charge on any atom is -0.479 e. The molecular weight excluding hydrogens is 909 g/mol. The number of carboxylic acids is 1. The van der Waals surface area contributed by atoms with E-state index in [-0.39, 0.29) is 36.5 Å². The Morgan fingerprint density at radius 2 is 1.61 bits per heavy atom. The van der Waals surface area contributed by atoms with Gasteiger partial charge in [-0.25, -0.2) is 9.59 Å². The zero-order chi connectivity index (χ0) is 49.6. The molecule has 0 bridgehead atoms. The molecule has 2 aliphatic carbocycles. The number of aryl methyl sites for hydroxylation is 4. The van der Waals surface area contributed by atoms with Crippen LogP contribution in [0.3, 0.4) is 0 Å². The van der Waals surface area contributed by atoms with Crippen molar-refractivity contribution in [3.63, 3.8) is 0 Å². The Labute approximate surface area is 406 Å². The molecule has 2 aliphatic heterocycles. The highest BCUT2D eigenvalue weighted by molar-refractivity contribution is 5.89. The molecule has 4 heterocycles. The Hall–Kier alpha value is -4.67. The lowest BCUT2D eigenvalue weighted by molar-refractivity contribution is -0.349. The SMILES string of the molecule is Cc1ccc2c(ccn2CCn2cc(CCC(=O)C3CC(C)[C@@H](O[C@@H]4OC(C)[C@@H](O)[C@H](O)C4O)[C@H](O[C@@H]4O[C@@H](CO)[C@H](O)C(O[C@@H](CC5CCCCC5)C(=O)O)C4OC(=O)c4ccccc4)C3)nn2)c1. The molecule has 6 unspecified atom stereocenters. The number of benzene rings is 2. The van der Waals surface area contributed by atoms with E-state index in [9.17, 15) is 45.0 Å². The van der Waals surface area contributed by atoms with Gasteiger partial charge in [-0.15, -0.1) is 5.10 Å². The lowest BCUT2D eigenvalue weighted by Crippen LogP contribution is -2.64. The molecule has 2 aromatic heterocycles. The number of carboxylic acid groups (broad SMARTS) is 1. The largest absolute Gasteiger partial charge is 0.479 e. The number of nitrogens with zero attached hydrogens (tertiary/aromatic N) is 4. The number of esters is 1. The van der Waals surface area contributed by atoms with E-state index >= 15 is 0 Å². The van der Waals surface area contributed by atoms with Gasteiger partial charge in [0.2, 0.25) is 0 Å². The molecule has 70 heavy (non-hydrogen) atoms. The number of fused-ring (bicyclic) bond motifs is 1. The third-order valence-electron chi connectivity index (χ3n) is 14.6. The molecule has 8 rings (SSSR count). The number of hydrogen-bond donors (Lipinski definition) is 6. The number of aromatic nitrogens is 4. The molecule has 0 radical (unpaired) electrons. The van der Waals surface area contributed by atoms with Crippen LogP contribution in [0.4, 0.5) is 0 Å². The predicted molar refractivity (Wildman–Crippen MR) is 249 cm³/mol. The minimum atomic E-state index is -1.69. The average molecular weight is 977 g/mol. The van der Waals surface area contributed by atoms with Crippen LogP contribution in [0.5, 0.6) is 0 Å². The average Bonchev–Trinajstić information content (AvgIpc) is 3.99. The number of aliphatic carboxylic acids is 1. The zero-order valence-electron chi connectivity index (χ0n) is 39.9. The first-order chi connectivity index (χ1) is 33.7. The summed E-state index contributed by atoms with van der Waals surface area (Å²) in [6.45, 7) is 5.89. The fraction of sp³-hybridized carbons (Fsp3) is 0.627. The number of hydrogen-bond acceptors (Lipinski definition) is 16. The van der Waals surface area contributed by atoms with E-state index in [2.05, 4.69) is 46.1 Å². The number of ketones is 1. The zero-order valence-corrected chi connectivity index (χ0v) is 39.9. The van der Waals surface area contributed by atoms with Crippen LogP contribution in [0.15, 0.2) is 67.0 Å². The highest BCUT2D eigenvalue weighted by atomic mass is 16.7. The van der Waals surface area contributed by atoms with E-state index in [1.807, 2.05) is 19.3 Å². The summed E-state index contributed by atoms with van der Waals surface area (Å²) in [6.07, 6.45) is -9.17. The van der Waals surface area contributed by atoms with Gasteiger partial charge in [-0.3, -0.25) is 9.48 Å². The molecule has 0 spiro atoms. The summed E-state index contributed by atoms with van der Waals surface area (Å²) in [6, 6.07) is 16.4. The number of ether oxygens (including phenoxy) is 6. The van der Waals surface area contributed by atoms with Crippen molar-refractivity contribution < 1.29 is 73.4 Å². The first kappa shape index (κ1) is 51.7. The summed E-state index contributed by atoms with van der Waals surface area (Å²) in [5.74, 6) is -3.28. The maximum absolute atomic E-state index is 14.2. The Bertz CT molecular complexity index is 2360. The van der Waals surface area contributed by atoms with Crippen LogP contribution in [0.1, 0.15) is 93.3 Å². The maximum atomic E-state index is 14.2. The number of carbonyl (C=O) groups is 3. The summed E-state index contributed by atoms with van der Waals surface area (Å²) in [5.41, 5.74) is 3.08. The van der Waals surface area contributed by atoms with Crippen molar-refractivity contribution in [3.8, 4) is 0 Å². The van der Waals surface area contributed by atoms with E-state index in [0.29, 0.717) is 31.6 Å². The van der Waals surface area contributed by atoms with Gasteiger partial charge >= 0.3 is 11.9 Å². The minimum absolute atomic E-state index is 0.0188. The van der Waals surface area contributed by atoms with Crippen molar-refractivity contribution in [2.45, 2.75) is 178 Å². The molecule has 4 aromatic rings. The molecular formula is C51H68N4O15. The molecule has 0 amide bonds. The van der Waals surface area contributed by atoms with E-state index in [0.717, 1.165) is 43.0 Å². The molecule has 2 aromatic carbocycles. The Kier molecular flexibility index (Phi) is 17.2. The molecule has 19 heteroatoms. The van der Waals surface area contributed by atoms with Crippen LogP contribution in [0.25, 0.3) is 10.9 Å². The summed E-state index contributed by atoms with van der Waals surface area (Å²) in [5, 5.41) is 74.8. The van der Waals surface area contributed by atoms with Crippen LogP contribution in [0, 0.1) is 24.7 Å². The number of aliphatic hydroxyl groups excluding tert-OH is 5. The van der Waals surface area contributed by atoms with Crippen molar-refractivity contribution in [1.29, 1.82) is 0 Å². The molecule has 4 fully saturated rings. The molecule has 19 nitrogen and oxygen atoms in total. The van der Waals surface area contributed by atoms with Crippen LogP contribution < -0.4 is 0 Å². The predicted octanol–water partition coefficient (Wildman–Crippen LogP) is 3.50. The quantitative estimate of drug-likeness (QED) is 0.0735. The lowest BCUT2D eigenvalue weighted by Gasteiger charge is -2.48. The number of carbonyl (C=O) groups excluding carboxylic acids is 2. The maximum Gasteiger partial charge on any atom is 0.338 e. The van der Waals surface area contributed by atoms with Crippen LogP contribution in [0.2, 0.25) is 0 Å². The fourth-order valence-electron chi connectivity index (χ4n) is 10.6. The summed E-state index contributed by atoms with van der Waals surface area (Å²) < 4.78 is 41.5. The molecule has 4 aliphatic rings. The third kappa shape index (κ3) is 12.1. The monoisotopic (exact) mass is 976 g/mol. The van der Waals surface area contributed by atoms with Crippen molar-refractivity contribution in [3.05, 3.63) is 83.8 Å². The second-order valence-electron chi connectivity index (χ2n) is 19.7. The Morgan fingerprint density at radius 3 is 2.36 bits per heavy atom. The van der Waals surface area contributed by atoms with Crippen LogP contribution in [-0.4, -0.2) is 154 Å². The normalized spacial score (nSPS) is 32.4. The molecule has 6 N–H and O–H groups in total. The second-order valence-corrected chi connectivity index (χ2v) is 19.7. The fourth-order valence-corrected chi connectivity index (χ4v) is 10.6. The number of aliphatic hydroxyl groups is 5. The van der Waals surface area contributed by atoms with Gasteiger partial charge in [0, 0.05) is 43.2 Å². The summed E-state index contributed by atoms with van der Waals surface area (Å²) >= 11 is 0. The Balaban J connectivity index is 1.03. The summed E-state index contributed by atoms with van der Waals surface area (Å²) in [7, 11) is 0. The highest BCUT2D eigenvalue weighted by Crippen LogP contribution is 2.40. The number of Topliss-reactive ketones (excluding diaryl/α,β-unsaturated/α-hetero) is 1. The summed E-state index contributed by atoms with van der Waals surface area (Å²) in [4.78, 5) is 40.9. The topological polar surface area (TPSA) is 264 Å². The van der Waals surface area contributed by atoms with Gasteiger partial charge in [0.15, 0.2) is 24.8 Å². The van der Waals surface area contributed by atoms with Gasteiger partial charge in [-0.05, 0) is 80.7 Å². The molecule has 2 saturated heterocycles. The Morgan fingerprint density at radius 1 is 0.843 bits per heavy atom. The van der Waals surface area contributed by atoms with E-state index in [4.69, 9.17) is 28.4 Å². The van der Waals surface area contributed by atoms with Crippen molar-refractivity contribution in [2.75, 3.05) is 6.61 Å². The standard InChI is InChI=1S/C51H68N4O15/c1-28-14-16-36-33(22-28)18-19-54(36)20-21-55-26-35(52-53-55)15-17-37(57)34-23-29(2)45(70-50-44(61)43(60)41(58)30(3)65-50)38(25-34)67-51-47(69-49(64)32-12-8-5-9-13-32)46(42(59)40(27-56)68-51)66-39(48(62)63)24-31-10-6-4-7-11-31/h5,8-9,12-14,16,18-19,22,26,29-31,34,38-47,50-51,56,58-61H,4,6-7,10-11,15,17,20-21,23-25,27H2,1-3H3,(H,62,63)/t29?,30?,34?,38-,39+,40+,41-,42+,43+,44?,45-,46?,47?,50+,51-/m1/s1. The van der Waals surface area contributed by atoms with E-state index in [1.54, 1.807) is 22.9 Å². The van der Waals surface area contributed by atoms with Gasteiger partial charge in [-0.2, -0.15) is 0 Å². The van der Waals surface area contributed by atoms with Crippen molar-refractivity contribution in [1.82, 2.24) is 19.6 Å². The van der Waals surface area contributed by atoms with Crippen LogP contribution >= 0.6 is 0 Å². The van der Waals surface area contributed by atoms with Gasteiger partial charge < -0.3 is 63.6 Å². The number of rotatable bonds is 19. The molecule has 15 atom stereocenters. The van der Waals surface area contributed by atoms with Crippen LogP contribution in [-0.2, 0) is 57.5 Å².